The van der Waals surface area contributed by atoms with Crippen LogP contribution in [0.4, 0.5) is 0 Å². The first kappa shape index (κ1) is 29.2. The number of aromatic nitrogens is 4. The Labute approximate surface area is 230 Å². The summed E-state index contributed by atoms with van der Waals surface area (Å²) in [5.41, 5.74) is 12.9. The molecule has 4 aromatic rings. The van der Waals surface area contributed by atoms with Crippen LogP contribution in [-0.4, -0.2) is 19.9 Å². The van der Waals surface area contributed by atoms with Crippen molar-refractivity contribution in [1.82, 2.24) is 19.9 Å². The predicted molar refractivity (Wildman–Crippen MR) is 161 cm³/mol. The van der Waals surface area contributed by atoms with Gasteiger partial charge in [0.25, 0.3) is 0 Å². The van der Waals surface area contributed by atoms with E-state index in [0.717, 1.165) is 50.2 Å². The Morgan fingerprint density at radius 1 is 0.553 bits per heavy atom. The molecule has 0 radical (unpaired) electrons. The molecule has 0 saturated carbocycles. The Bertz CT molecular complexity index is 1360. The van der Waals surface area contributed by atoms with Crippen LogP contribution in [0, 0.1) is 0 Å². The number of hydrogen-bond acceptors (Lipinski definition) is 4. The van der Waals surface area contributed by atoms with E-state index in [9.17, 15) is 0 Å². The molecule has 0 N–H and O–H groups in total. The summed E-state index contributed by atoms with van der Waals surface area (Å²) in [5, 5.41) is 0. The SMILES string of the molecule is CC.CC.CCc1nc(CC)c2c(n1)-c1ccccc1C2.CCc1nc(CC)c2c(n1)Cc1ccccc1-2. The van der Waals surface area contributed by atoms with Gasteiger partial charge >= 0.3 is 0 Å². The summed E-state index contributed by atoms with van der Waals surface area (Å²) < 4.78 is 0. The van der Waals surface area contributed by atoms with E-state index in [1.54, 1.807) is 0 Å². The molecule has 2 heterocycles. The maximum Gasteiger partial charge on any atom is 0.129 e. The minimum Gasteiger partial charge on any atom is -0.238 e. The lowest BCUT2D eigenvalue weighted by Gasteiger charge is -2.08. The Hall–Kier alpha value is -3.40. The number of fused-ring (bicyclic) bond motifs is 6. The van der Waals surface area contributed by atoms with E-state index in [4.69, 9.17) is 4.98 Å². The molecule has 0 saturated heterocycles. The molecule has 0 aliphatic heterocycles. The van der Waals surface area contributed by atoms with Crippen molar-refractivity contribution in [3.63, 3.8) is 0 Å². The Kier molecular flexibility index (Phi) is 10.7. The molecule has 4 heteroatoms. The normalized spacial score (nSPS) is 11.4. The van der Waals surface area contributed by atoms with Gasteiger partial charge in [0.1, 0.15) is 11.6 Å². The summed E-state index contributed by atoms with van der Waals surface area (Å²) in [6.07, 6.45) is 5.75. The third kappa shape index (κ3) is 5.85. The first-order valence-electron chi connectivity index (χ1n) is 14.6. The van der Waals surface area contributed by atoms with E-state index < -0.39 is 0 Å². The number of hydrogen-bond donors (Lipinski definition) is 0. The lowest BCUT2D eigenvalue weighted by Crippen LogP contribution is -2.03. The molecule has 2 aliphatic rings. The smallest absolute Gasteiger partial charge is 0.129 e. The lowest BCUT2D eigenvalue weighted by molar-refractivity contribution is 0.869. The van der Waals surface area contributed by atoms with Gasteiger partial charge in [0.2, 0.25) is 0 Å². The van der Waals surface area contributed by atoms with Crippen molar-refractivity contribution in [3.05, 3.63) is 94.0 Å². The highest BCUT2D eigenvalue weighted by Gasteiger charge is 2.24. The fourth-order valence-electron chi connectivity index (χ4n) is 5.10. The van der Waals surface area contributed by atoms with E-state index in [2.05, 4.69) is 91.2 Å². The molecule has 0 spiro atoms. The zero-order chi connectivity index (χ0) is 27.7. The zero-order valence-corrected chi connectivity index (χ0v) is 24.7. The van der Waals surface area contributed by atoms with Crippen LogP contribution in [0.3, 0.4) is 0 Å². The van der Waals surface area contributed by atoms with Gasteiger partial charge in [0.05, 0.1) is 17.1 Å². The van der Waals surface area contributed by atoms with E-state index in [1.165, 1.54) is 56.2 Å². The number of aryl methyl sites for hydroxylation is 4. The molecule has 0 fully saturated rings. The summed E-state index contributed by atoms with van der Waals surface area (Å²) in [6.45, 7) is 16.6. The van der Waals surface area contributed by atoms with Crippen molar-refractivity contribution in [2.75, 3.05) is 0 Å². The quantitative estimate of drug-likeness (QED) is 0.240. The summed E-state index contributed by atoms with van der Waals surface area (Å²) in [7, 11) is 0. The van der Waals surface area contributed by atoms with Crippen LogP contribution in [0.15, 0.2) is 48.5 Å². The molecule has 0 atom stereocenters. The second-order valence-electron chi connectivity index (χ2n) is 8.90. The summed E-state index contributed by atoms with van der Waals surface area (Å²) in [6, 6.07) is 17.1. The van der Waals surface area contributed by atoms with Crippen LogP contribution in [0.25, 0.3) is 22.4 Å². The largest absolute Gasteiger partial charge is 0.238 e. The van der Waals surface area contributed by atoms with Gasteiger partial charge < -0.3 is 0 Å². The standard InChI is InChI=1S/2C15H16N2.2C2H6/c1-3-13-12-9-10-7-5-6-8-11(10)15(12)17-14(4-2)16-13;1-3-12-15-11-8-6-5-7-10(11)9-13(15)17-14(4-2)16-12;2*1-2/h2*5-8H,3-4,9H2,1-2H3;2*1-2H3. The van der Waals surface area contributed by atoms with Gasteiger partial charge in [-0.1, -0.05) is 104 Å². The van der Waals surface area contributed by atoms with Gasteiger partial charge in [-0.2, -0.15) is 0 Å². The highest BCUT2D eigenvalue weighted by Crippen LogP contribution is 2.38. The minimum atomic E-state index is 0.905. The van der Waals surface area contributed by atoms with Crippen molar-refractivity contribution in [1.29, 1.82) is 0 Å². The van der Waals surface area contributed by atoms with Gasteiger partial charge in [-0.3, -0.25) is 0 Å². The summed E-state index contributed by atoms with van der Waals surface area (Å²) in [5.74, 6) is 1.95. The summed E-state index contributed by atoms with van der Waals surface area (Å²) >= 11 is 0. The van der Waals surface area contributed by atoms with Crippen LogP contribution < -0.4 is 0 Å². The van der Waals surface area contributed by atoms with Crippen LogP contribution >= 0.6 is 0 Å². The predicted octanol–water partition coefficient (Wildman–Crippen LogP) is 8.40. The first-order chi connectivity index (χ1) is 18.7. The van der Waals surface area contributed by atoms with Gasteiger partial charge in [-0.15, -0.1) is 0 Å². The third-order valence-corrected chi connectivity index (χ3v) is 6.83. The Balaban J connectivity index is 0.000000187. The topological polar surface area (TPSA) is 51.6 Å². The maximum atomic E-state index is 4.71. The van der Waals surface area contributed by atoms with Crippen molar-refractivity contribution in [2.24, 2.45) is 0 Å². The highest BCUT2D eigenvalue weighted by molar-refractivity contribution is 5.77. The van der Waals surface area contributed by atoms with Crippen molar-refractivity contribution >= 4 is 0 Å². The number of benzene rings is 2. The van der Waals surface area contributed by atoms with E-state index in [1.807, 2.05) is 27.7 Å². The van der Waals surface area contributed by atoms with Crippen LogP contribution in [-0.2, 0) is 38.5 Å². The molecular weight excluding hydrogens is 464 g/mol. The first-order valence-corrected chi connectivity index (χ1v) is 14.6. The average Bonchev–Trinajstić information content (AvgIpc) is 3.56. The van der Waals surface area contributed by atoms with Gasteiger partial charge in [-0.25, -0.2) is 19.9 Å². The molecule has 38 heavy (non-hydrogen) atoms. The van der Waals surface area contributed by atoms with Gasteiger partial charge in [0, 0.05) is 48.1 Å². The van der Waals surface area contributed by atoms with E-state index in [-0.39, 0.29) is 0 Å². The fraction of sp³-hybridized carbons (Fsp3) is 0.412. The highest BCUT2D eigenvalue weighted by atomic mass is 14.9. The van der Waals surface area contributed by atoms with Crippen LogP contribution in [0.1, 0.15) is 101 Å². The van der Waals surface area contributed by atoms with E-state index in [0.29, 0.717) is 0 Å². The monoisotopic (exact) mass is 508 g/mol. The zero-order valence-electron chi connectivity index (χ0n) is 24.7. The third-order valence-electron chi connectivity index (χ3n) is 6.83. The number of rotatable bonds is 4. The lowest BCUT2D eigenvalue weighted by atomic mass is 10.0. The molecular formula is C34H44N4. The molecule has 2 aromatic carbocycles. The maximum absolute atomic E-state index is 4.71. The average molecular weight is 509 g/mol. The molecule has 6 rings (SSSR count). The number of nitrogens with zero attached hydrogens (tertiary/aromatic N) is 4. The second-order valence-corrected chi connectivity index (χ2v) is 8.90. The molecule has 0 amide bonds. The Morgan fingerprint density at radius 3 is 1.68 bits per heavy atom. The molecule has 4 nitrogen and oxygen atoms in total. The van der Waals surface area contributed by atoms with Gasteiger partial charge in [0.15, 0.2) is 0 Å². The Morgan fingerprint density at radius 2 is 1.08 bits per heavy atom. The second kappa shape index (κ2) is 13.9. The molecule has 0 bridgehead atoms. The van der Waals surface area contributed by atoms with Crippen LogP contribution in [0.5, 0.6) is 0 Å². The molecule has 200 valence electrons. The van der Waals surface area contributed by atoms with Crippen molar-refractivity contribution in [2.45, 2.75) is 93.9 Å². The molecule has 2 aliphatic carbocycles. The van der Waals surface area contributed by atoms with Crippen LogP contribution in [0.2, 0.25) is 0 Å². The summed E-state index contributed by atoms with van der Waals surface area (Å²) in [4.78, 5) is 18.7. The van der Waals surface area contributed by atoms with Crippen molar-refractivity contribution in [3.8, 4) is 22.4 Å². The van der Waals surface area contributed by atoms with Crippen molar-refractivity contribution < 1.29 is 0 Å². The minimum absolute atomic E-state index is 0.905. The fourth-order valence-corrected chi connectivity index (χ4v) is 5.10. The van der Waals surface area contributed by atoms with Gasteiger partial charge in [-0.05, 0) is 29.5 Å². The molecule has 0 unspecified atom stereocenters. The van der Waals surface area contributed by atoms with E-state index >= 15 is 0 Å². The molecule has 2 aromatic heterocycles.